The molecule has 2 atom stereocenters. The molecule has 33 heavy (non-hydrogen) atoms. The van der Waals surface area contributed by atoms with Gasteiger partial charge in [0.1, 0.15) is 11.9 Å². The van der Waals surface area contributed by atoms with E-state index in [2.05, 4.69) is 15.6 Å². The first-order valence-electron chi connectivity index (χ1n) is 11.6. The standard InChI is InChI=1S/C20H27F3N4O2.2C2H6/c1-28-16-4-3-13(9-17(16)29-2)15-11-18(20(21,22)23)27-19(26-15)10-14(24)12-5-7-25-8-6-12;2*1-2/h3-4,9-10,12,15,18,25H,5-8,11,24H2,1-2H3,(H,26,27);2*1-2H3/b14-10-;;. The van der Waals surface area contributed by atoms with Gasteiger partial charge in [0.05, 0.1) is 20.3 Å². The maximum Gasteiger partial charge on any atom is 0.408 e. The normalized spacial score (nSPS) is 21.4. The van der Waals surface area contributed by atoms with E-state index in [1.165, 1.54) is 14.2 Å². The number of allylic oxidation sites excluding steroid dienone is 1. The minimum atomic E-state index is -4.40. The van der Waals surface area contributed by atoms with Crippen LogP contribution in [-0.2, 0) is 0 Å². The van der Waals surface area contributed by atoms with Crippen molar-refractivity contribution in [1.82, 2.24) is 10.6 Å². The van der Waals surface area contributed by atoms with Gasteiger partial charge in [-0.15, -0.1) is 0 Å². The van der Waals surface area contributed by atoms with Crippen molar-refractivity contribution in [3.8, 4) is 11.5 Å². The molecular formula is C24H39F3N4O2. The third-order valence-corrected chi connectivity index (χ3v) is 5.38. The Labute approximate surface area is 195 Å². The number of aliphatic imine (C=N–C) groups is 1. The summed E-state index contributed by atoms with van der Waals surface area (Å²) in [5, 5.41) is 5.76. The summed E-state index contributed by atoms with van der Waals surface area (Å²) in [4.78, 5) is 4.52. The van der Waals surface area contributed by atoms with Gasteiger partial charge >= 0.3 is 6.18 Å². The third-order valence-electron chi connectivity index (χ3n) is 5.38. The van der Waals surface area contributed by atoms with Crippen LogP contribution < -0.4 is 25.8 Å². The highest BCUT2D eigenvalue weighted by molar-refractivity contribution is 5.94. The van der Waals surface area contributed by atoms with Crippen molar-refractivity contribution in [3.05, 3.63) is 35.5 Å². The number of nitrogens with two attached hydrogens (primary N) is 1. The second-order valence-corrected chi connectivity index (χ2v) is 7.29. The molecule has 0 aliphatic carbocycles. The van der Waals surface area contributed by atoms with E-state index in [0.29, 0.717) is 22.8 Å². The Hall–Kier alpha value is -2.42. The minimum absolute atomic E-state index is 0.145. The van der Waals surface area contributed by atoms with Gasteiger partial charge in [-0.1, -0.05) is 33.8 Å². The Morgan fingerprint density at radius 2 is 1.67 bits per heavy atom. The Bertz CT molecular complexity index is 775. The smallest absolute Gasteiger partial charge is 0.408 e. The van der Waals surface area contributed by atoms with Crippen LogP contribution in [0.3, 0.4) is 0 Å². The topological polar surface area (TPSA) is 80.9 Å². The number of ether oxygens (including phenoxy) is 2. The number of hydrogen-bond acceptors (Lipinski definition) is 6. The van der Waals surface area contributed by atoms with E-state index in [9.17, 15) is 13.2 Å². The van der Waals surface area contributed by atoms with Crippen molar-refractivity contribution < 1.29 is 22.6 Å². The Kier molecular flexibility index (Phi) is 12.1. The van der Waals surface area contributed by atoms with Crippen LogP contribution >= 0.6 is 0 Å². The molecule has 0 amide bonds. The molecule has 188 valence electrons. The van der Waals surface area contributed by atoms with Crippen molar-refractivity contribution in [1.29, 1.82) is 0 Å². The number of methoxy groups -OCH3 is 2. The molecule has 2 aliphatic rings. The predicted molar refractivity (Wildman–Crippen MR) is 128 cm³/mol. The number of amidine groups is 1. The average molecular weight is 473 g/mol. The highest BCUT2D eigenvalue weighted by Crippen LogP contribution is 2.37. The fraction of sp³-hybridized carbons (Fsp3) is 0.625. The number of hydrogen-bond donors (Lipinski definition) is 3. The zero-order chi connectivity index (χ0) is 25.0. The number of rotatable bonds is 5. The first-order chi connectivity index (χ1) is 15.8. The molecule has 0 radical (unpaired) electrons. The molecule has 1 fully saturated rings. The lowest BCUT2D eigenvalue weighted by Crippen LogP contribution is -2.48. The van der Waals surface area contributed by atoms with Crippen LogP contribution in [0.4, 0.5) is 13.2 Å². The molecule has 1 saturated heterocycles. The quantitative estimate of drug-likeness (QED) is 0.564. The Morgan fingerprint density at radius 1 is 1.06 bits per heavy atom. The van der Waals surface area contributed by atoms with E-state index < -0.39 is 18.3 Å². The summed E-state index contributed by atoms with van der Waals surface area (Å²) in [6, 6.07) is 2.68. The van der Waals surface area contributed by atoms with Crippen LogP contribution in [0.1, 0.15) is 58.6 Å². The molecule has 2 unspecified atom stereocenters. The molecule has 1 aromatic carbocycles. The first-order valence-corrected chi connectivity index (χ1v) is 11.6. The van der Waals surface area contributed by atoms with E-state index in [1.54, 1.807) is 24.3 Å². The van der Waals surface area contributed by atoms with Crippen LogP contribution in [0.15, 0.2) is 35.0 Å². The highest BCUT2D eigenvalue weighted by atomic mass is 19.4. The molecule has 0 aromatic heterocycles. The van der Waals surface area contributed by atoms with Crippen molar-refractivity contribution >= 4 is 5.84 Å². The predicted octanol–water partition coefficient (Wildman–Crippen LogP) is 4.96. The van der Waals surface area contributed by atoms with E-state index in [1.807, 2.05) is 27.7 Å². The summed E-state index contributed by atoms with van der Waals surface area (Å²) in [6.07, 6.45) is -1.33. The first kappa shape index (κ1) is 28.6. The Morgan fingerprint density at radius 3 is 2.21 bits per heavy atom. The van der Waals surface area contributed by atoms with Gasteiger partial charge in [0.15, 0.2) is 11.5 Å². The van der Waals surface area contributed by atoms with Gasteiger partial charge < -0.3 is 25.8 Å². The van der Waals surface area contributed by atoms with Crippen molar-refractivity contribution in [3.63, 3.8) is 0 Å². The number of piperidine rings is 1. The van der Waals surface area contributed by atoms with Crippen molar-refractivity contribution in [2.24, 2.45) is 16.6 Å². The monoisotopic (exact) mass is 472 g/mol. The van der Waals surface area contributed by atoms with Gasteiger partial charge in [0.2, 0.25) is 0 Å². The van der Waals surface area contributed by atoms with Gasteiger partial charge in [-0.3, -0.25) is 4.99 Å². The molecule has 2 aliphatic heterocycles. The lowest BCUT2D eigenvalue weighted by molar-refractivity contribution is -0.155. The third kappa shape index (κ3) is 8.14. The molecule has 1 aromatic rings. The van der Waals surface area contributed by atoms with E-state index >= 15 is 0 Å². The molecule has 2 heterocycles. The average Bonchev–Trinajstić information content (AvgIpc) is 2.85. The van der Waals surface area contributed by atoms with Crippen LogP contribution in [0, 0.1) is 5.92 Å². The number of halogens is 3. The van der Waals surface area contributed by atoms with Crippen molar-refractivity contribution in [2.75, 3.05) is 27.3 Å². The number of alkyl halides is 3. The molecule has 4 N–H and O–H groups in total. The van der Waals surface area contributed by atoms with Gasteiger partial charge in [-0.2, -0.15) is 13.2 Å². The summed E-state index contributed by atoms with van der Waals surface area (Å²) in [7, 11) is 2.99. The summed E-state index contributed by atoms with van der Waals surface area (Å²) < 4.78 is 51.1. The SMILES string of the molecule is CC.CC.COc1ccc(C2CC(C(F)(F)F)NC(/C=C(\N)C3CCNCC3)=N2)cc1OC. The van der Waals surface area contributed by atoms with Gasteiger partial charge in [-0.25, -0.2) is 0 Å². The van der Waals surface area contributed by atoms with Crippen molar-refractivity contribution in [2.45, 2.75) is 65.2 Å². The number of nitrogens with one attached hydrogen (secondary N) is 2. The maximum absolute atomic E-state index is 13.5. The molecule has 3 rings (SSSR count). The Balaban J connectivity index is 0.00000129. The second-order valence-electron chi connectivity index (χ2n) is 7.29. The molecule has 0 spiro atoms. The molecule has 0 bridgehead atoms. The van der Waals surface area contributed by atoms with Crippen LogP contribution in [0.25, 0.3) is 0 Å². The zero-order valence-electron chi connectivity index (χ0n) is 20.6. The van der Waals surface area contributed by atoms with E-state index in [0.717, 1.165) is 25.9 Å². The summed E-state index contributed by atoms with van der Waals surface area (Å²) in [6.45, 7) is 9.69. The number of benzene rings is 1. The summed E-state index contributed by atoms with van der Waals surface area (Å²) in [5.74, 6) is 1.27. The lowest BCUT2D eigenvalue weighted by Gasteiger charge is -2.31. The molecule has 6 nitrogen and oxygen atoms in total. The largest absolute Gasteiger partial charge is 0.493 e. The summed E-state index contributed by atoms with van der Waals surface area (Å²) in [5.41, 5.74) is 7.39. The molecule has 0 saturated carbocycles. The second kappa shape index (κ2) is 14.0. The number of nitrogens with zero attached hydrogens (tertiary/aromatic N) is 1. The highest BCUT2D eigenvalue weighted by Gasteiger charge is 2.43. The van der Waals surface area contributed by atoms with Gasteiger partial charge in [-0.05, 0) is 49.7 Å². The fourth-order valence-electron chi connectivity index (χ4n) is 3.71. The van der Waals surface area contributed by atoms with Crippen LogP contribution in [0.2, 0.25) is 0 Å². The minimum Gasteiger partial charge on any atom is -0.493 e. The van der Waals surface area contributed by atoms with Gasteiger partial charge in [0, 0.05) is 18.0 Å². The fourth-order valence-corrected chi connectivity index (χ4v) is 3.71. The van der Waals surface area contributed by atoms with E-state index in [4.69, 9.17) is 15.2 Å². The van der Waals surface area contributed by atoms with Gasteiger partial charge in [0.25, 0.3) is 0 Å². The lowest BCUT2D eigenvalue weighted by atomic mass is 9.93. The molecule has 9 heteroatoms. The van der Waals surface area contributed by atoms with Crippen LogP contribution in [-0.4, -0.2) is 45.4 Å². The molecular weight excluding hydrogens is 433 g/mol. The summed E-state index contributed by atoms with van der Waals surface area (Å²) >= 11 is 0. The van der Waals surface area contributed by atoms with E-state index in [-0.39, 0.29) is 18.2 Å². The maximum atomic E-state index is 13.5. The van der Waals surface area contributed by atoms with Crippen LogP contribution in [0.5, 0.6) is 11.5 Å². The zero-order valence-corrected chi connectivity index (χ0v) is 20.6.